The van der Waals surface area contributed by atoms with E-state index in [-0.39, 0.29) is 41.6 Å². The minimum absolute atomic E-state index is 0.0942. The number of ether oxygens (including phenoxy) is 2. The number of hydrogen-bond acceptors (Lipinski definition) is 8. The average molecular weight is 646 g/mol. The summed E-state index contributed by atoms with van der Waals surface area (Å²) >= 11 is 6.09. The molecule has 10 nitrogen and oxygen atoms in total. The van der Waals surface area contributed by atoms with Gasteiger partial charge in [-0.05, 0) is 62.6 Å². The predicted molar refractivity (Wildman–Crippen MR) is 169 cm³/mol. The second-order valence-electron chi connectivity index (χ2n) is 11.9. The van der Waals surface area contributed by atoms with Crippen LogP contribution >= 0.6 is 11.6 Å². The molecule has 2 aliphatic heterocycles. The zero-order valence-electron chi connectivity index (χ0n) is 24.9. The van der Waals surface area contributed by atoms with Crippen LogP contribution < -0.4 is 20.1 Å². The van der Waals surface area contributed by atoms with Crippen molar-refractivity contribution in [2.45, 2.75) is 37.4 Å². The number of halogens is 2. The van der Waals surface area contributed by atoms with Crippen LogP contribution in [0, 0.1) is 5.82 Å². The molecule has 3 fully saturated rings. The van der Waals surface area contributed by atoms with E-state index in [9.17, 15) is 17.6 Å². The van der Waals surface area contributed by atoms with Gasteiger partial charge in [0.25, 0.3) is 0 Å². The number of morpholine rings is 1. The van der Waals surface area contributed by atoms with Gasteiger partial charge in [0.1, 0.15) is 11.5 Å². The Labute approximate surface area is 262 Å². The van der Waals surface area contributed by atoms with Gasteiger partial charge in [-0.15, -0.1) is 0 Å². The van der Waals surface area contributed by atoms with Gasteiger partial charge in [-0.3, -0.25) is 4.79 Å². The zero-order valence-corrected chi connectivity index (χ0v) is 26.5. The topological polar surface area (TPSA) is 97.2 Å². The Morgan fingerprint density at radius 3 is 2.27 bits per heavy atom. The fraction of sp³-hybridized carbons (Fsp3) is 0.484. The number of sulfonamides is 1. The Bertz CT molecular complexity index is 1650. The minimum Gasteiger partial charge on any atom is -0.485 e. The Morgan fingerprint density at radius 2 is 1.66 bits per heavy atom. The fourth-order valence-corrected chi connectivity index (χ4v) is 7.33. The highest BCUT2D eigenvalue weighted by Gasteiger charge is 2.45. The summed E-state index contributed by atoms with van der Waals surface area (Å²) in [7, 11) is -3.40. The molecule has 1 aliphatic carbocycles. The monoisotopic (exact) mass is 645 g/mol. The summed E-state index contributed by atoms with van der Waals surface area (Å²) in [5.74, 6) is -0.496. The highest BCUT2D eigenvalue weighted by molar-refractivity contribution is 7.89. The lowest BCUT2D eigenvalue weighted by Gasteiger charge is -2.36. The zero-order chi connectivity index (χ0) is 31.1. The standard InChI is InChI=1S/C31H37ClFN5O5S/c1-22(2)44(40,41)37-11-9-36(10-12-37)28-20-34-38(27-18-24(32)17-25(33)19-27)30(39)29(28)43-21-31(7-8-31)23-3-5-26(6-4-23)35-13-15-42-16-14-35/h3-6,17-20,22H,7-16,21H2,1-2H3. The maximum absolute atomic E-state index is 14.2. The molecule has 3 aromatic rings. The molecule has 0 radical (unpaired) electrons. The molecule has 6 rings (SSSR count). The maximum atomic E-state index is 14.2. The Morgan fingerprint density at radius 1 is 0.977 bits per heavy atom. The molecule has 0 atom stereocenters. The number of rotatable bonds is 9. The van der Waals surface area contributed by atoms with E-state index in [0.717, 1.165) is 61.1 Å². The molecule has 236 valence electrons. The Hall–Kier alpha value is -3.19. The van der Waals surface area contributed by atoms with Gasteiger partial charge in [-0.2, -0.15) is 14.1 Å². The average Bonchev–Trinajstić information content (AvgIpc) is 3.81. The number of hydrogen-bond donors (Lipinski definition) is 0. The molecule has 1 saturated carbocycles. The molecule has 3 aliphatic rings. The molecule has 0 unspecified atom stereocenters. The van der Waals surface area contributed by atoms with Crippen LogP contribution in [0.4, 0.5) is 15.8 Å². The van der Waals surface area contributed by atoms with Crippen molar-refractivity contribution in [1.82, 2.24) is 14.1 Å². The first-order valence-corrected chi connectivity index (χ1v) is 16.8. The molecule has 1 aromatic heterocycles. The van der Waals surface area contributed by atoms with Gasteiger partial charge in [-0.1, -0.05) is 23.7 Å². The maximum Gasteiger partial charge on any atom is 0.316 e. The third kappa shape index (κ3) is 6.17. The summed E-state index contributed by atoms with van der Waals surface area (Å²) in [5, 5.41) is 3.97. The first kappa shape index (κ1) is 30.8. The Kier molecular flexibility index (Phi) is 8.62. The van der Waals surface area contributed by atoms with Gasteiger partial charge in [0.2, 0.25) is 15.8 Å². The van der Waals surface area contributed by atoms with Crippen molar-refractivity contribution in [3.63, 3.8) is 0 Å². The molecule has 0 N–H and O–H groups in total. The van der Waals surface area contributed by atoms with Crippen molar-refractivity contribution >= 4 is 33.0 Å². The highest BCUT2D eigenvalue weighted by atomic mass is 35.5. The van der Waals surface area contributed by atoms with E-state index in [0.29, 0.717) is 18.8 Å². The van der Waals surface area contributed by atoms with Crippen LogP contribution in [-0.2, 0) is 20.2 Å². The number of piperazine rings is 1. The van der Waals surface area contributed by atoms with E-state index in [4.69, 9.17) is 21.1 Å². The first-order chi connectivity index (χ1) is 21.1. The van der Waals surface area contributed by atoms with E-state index in [1.54, 1.807) is 13.8 Å². The third-order valence-electron chi connectivity index (χ3n) is 8.74. The highest BCUT2D eigenvalue weighted by Crippen LogP contribution is 2.49. The second-order valence-corrected chi connectivity index (χ2v) is 14.8. The van der Waals surface area contributed by atoms with E-state index < -0.39 is 26.6 Å². The van der Waals surface area contributed by atoms with Crippen molar-refractivity contribution < 1.29 is 22.3 Å². The van der Waals surface area contributed by atoms with Gasteiger partial charge in [0.05, 0.1) is 37.0 Å². The SMILES string of the molecule is CC(C)S(=O)(=O)N1CCN(c2cnn(-c3cc(F)cc(Cl)c3)c(=O)c2OCC2(c3ccc(N4CCOCC4)cc3)CC2)CC1. The minimum atomic E-state index is -3.40. The summed E-state index contributed by atoms with van der Waals surface area (Å²) in [5.41, 5.74) is 2.20. The van der Waals surface area contributed by atoms with Crippen molar-refractivity contribution in [1.29, 1.82) is 0 Å². The van der Waals surface area contributed by atoms with Crippen LogP contribution in [0.1, 0.15) is 32.3 Å². The lowest BCUT2D eigenvalue weighted by atomic mass is 9.96. The summed E-state index contributed by atoms with van der Waals surface area (Å²) < 4.78 is 54.2. The number of aromatic nitrogens is 2. The lowest BCUT2D eigenvalue weighted by molar-refractivity contribution is 0.122. The Balaban J connectivity index is 1.28. The number of anilines is 2. The van der Waals surface area contributed by atoms with Crippen molar-refractivity contribution in [2.24, 2.45) is 0 Å². The molecule has 44 heavy (non-hydrogen) atoms. The normalized spacial score (nSPS) is 18.9. The van der Waals surface area contributed by atoms with Gasteiger partial charge in [-0.25, -0.2) is 12.8 Å². The van der Waals surface area contributed by atoms with Gasteiger partial charge in [0.15, 0.2) is 0 Å². The quantitative estimate of drug-likeness (QED) is 0.347. The van der Waals surface area contributed by atoms with Crippen LogP contribution in [-0.4, -0.2) is 86.8 Å². The second kappa shape index (κ2) is 12.3. The molecule has 0 bridgehead atoms. The van der Waals surface area contributed by atoms with E-state index in [1.165, 1.54) is 22.6 Å². The van der Waals surface area contributed by atoms with Crippen molar-refractivity contribution in [3.8, 4) is 11.4 Å². The van der Waals surface area contributed by atoms with Crippen molar-refractivity contribution in [2.75, 3.05) is 68.9 Å². The molecule has 3 heterocycles. The first-order valence-electron chi connectivity index (χ1n) is 15.0. The summed E-state index contributed by atoms with van der Waals surface area (Å²) in [6, 6.07) is 12.3. The number of nitrogens with zero attached hydrogens (tertiary/aromatic N) is 5. The van der Waals surface area contributed by atoms with E-state index >= 15 is 0 Å². The molecular weight excluding hydrogens is 609 g/mol. The van der Waals surface area contributed by atoms with Gasteiger partial charge < -0.3 is 19.3 Å². The predicted octanol–water partition coefficient (Wildman–Crippen LogP) is 3.83. The largest absolute Gasteiger partial charge is 0.485 e. The van der Waals surface area contributed by atoms with Crippen LogP contribution in [0.25, 0.3) is 5.69 Å². The van der Waals surface area contributed by atoms with Gasteiger partial charge in [0, 0.05) is 55.4 Å². The molecule has 13 heteroatoms. The lowest BCUT2D eigenvalue weighted by Crippen LogP contribution is -2.50. The smallest absolute Gasteiger partial charge is 0.316 e. The van der Waals surface area contributed by atoms with E-state index in [1.807, 2.05) is 4.90 Å². The van der Waals surface area contributed by atoms with Crippen LogP contribution in [0.15, 0.2) is 53.5 Å². The third-order valence-corrected chi connectivity index (χ3v) is 11.2. The summed E-state index contributed by atoms with van der Waals surface area (Å²) in [4.78, 5) is 18.2. The molecule has 2 aromatic carbocycles. The summed E-state index contributed by atoms with van der Waals surface area (Å²) in [6.45, 7) is 8.06. The molecule has 0 amide bonds. The fourth-order valence-electron chi connectivity index (χ4n) is 5.84. The molecule has 2 saturated heterocycles. The van der Waals surface area contributed by atoms with Crippen LogP contribution in [0.2, 0.25) is 5.02 Å². The number of benzene rings is 2. The summed E-state index contributed by atoms with van der Waals surface area (Å²) in [6.07, 6.45) is 3.37. The molecular formula is C31H37ClFN5O5S. The van der Waals surface area contributed by atoms with Crippen molar-refractivity contribution in [3.05, 3.63) is 75.4 Å². The van der Waals surface area contributed by atoms with Crippen LogP contribution in [0.5, 0.6) is 5.75 Å². The molecule has 0 spiro atoms. The van der Waals surface area contributed by atoms with E-state index in [2.05, 4.69) is 34.3 Å². The van der Waals surface area contributed by atoms with Crippen LogP contribution in [0.3, 0.4) is 0 Å². The van der Waals surface area contributed by atoms with Gasteiger partial charge >= 0.3 is 5.56 Å².